The predicted octanol–water partition coefficient (Wildman–Crippen LogP) is 0.340. The number of anilines is 1. The van der Waals surface area contributed by atoms with Crippen molar-refractivity contribution in [3.63, 3.8) is 0 Å². The minimum Gasteiger partial charge on any atom is -0.468 e. The number of rotatable bonds is 3. The van der Waals surface area contributed by atoms with Crippen molar-refractivity contribution in [1.29, 1.82) is 0 Å². The number of carbonyl (C=O) groups is 1. The van der Waals surface area contributed by atoms with Gasteiger partial charge in [-0.3, -0.25) is 4.79 Å². The summed E-state index contributed by atoms with van der Waals surface area (Å²) in [6.45, 7) is 0. The van der Waals surface area contributed by atoms with Crippen LogP contribution in [-0.2, 0) is 14.9 Å². The number of esters is 1. The highest BCUT2D eigenvalue weighted by atomic mass is 16.5. The van der Waals surface area contributed by atoms with Crippen LogP contribution in [0.3, 0.4) is 0 Å². The summed E-state index contributed by atoms with van der Waals surface area (Å²) in [4.78, 5) is 17.4. The molecule has 0 N–H and O–H groups in total. The van der Waals surface area contributed by atoms with Gasteiger partial charge in [0.25, 0.3) is 5.95 Å². The van der Waals surface area contributed by atoms with E-state index >= 15 is 0 Å². The van der Waals surface area contributed by atoms with Crippen LogP contribution in [0.2, 0.25) is 0 Å². The van der Waals surface area contributed by atoms with Gasteiger partial charge in [-0.25, -0.2) is 0 Å². The van der Waals surface area contributed by atoms with E-state index in [-0.39, 0.29) is 5.97 Å². The minimum atomic E-state index is -0.671. The molecule has 1 aliphatic carbocycles. The molecule has 1 fully saturated rings. The molecule has 15 heavy (non-hydrogen) atoms. The van der Waals surface area contributed by atoms with Gasteiger partial charge in [0.2, 0.25) is 5.89 Å². The fourth-order valence-corrected chi connectivity index (χ4v) is 1.42. The fraction of sp³-hybridized carbons (Fsp3) is 0.667. The summed E-state index contributed by atoms with van der Waals surface area (Å²) in [5, 5.41) is 3.77. The van der Waals surface area contributed by atoms with E-state index in [9.17, 15) is 4.79 Å². The van der Waals surface area contributed by atoms with E-state index in [2.05, 4.69) is 10.1 Å². The standard InChI is InChI=1S/C9H13N3O3/c1-12(2)8-10-6(15-11-8)9(4-5-9)7(13)14-3/h4-5H2,1-3H3. The minimum absolute atomic E-state index is 0.295. The molecule has 1 saturated carbocycles. The molecule has 2 rings (SSSR count). The zero-order chi connectivity index (χ0) is 11.1. The third-order valence-corrected chi connectivity index (χ3v) is 2.55. The second-order valence-electron chi connectivity index (χ2n) is 3.87. The Morgan fingerprint density at radius 3 is 2.60 bits per heavy atom. The largest absolute Gasteiger partial charge is 0.468 e. The van der Waals surface area contributed by atoms with Crippen molar-refractivity contribution in [2.75, 3.05) is 26.1 Å². The van der Waals surface area contributed by atoms with Crippen LogP contribution in [0.25, 0.3) is 0 Å². The molecule has 1 aromatic heterocycles. The molecule has 0 amide bonds. The first-order valence-corrected chi connectivity index (χ1v) is 4.70. The van der Waals surface area contributed by atoms with Crippen LogP contribution >= 0.6 is 0 Å². The first-order valence-electron chi connectivity index (χ1n) is 4.70. The number of hydrogen-bond donors (Lipinski definition) is 0. The van der Waals surface area contributed by atoms with Crippen LogP contribution in [0.15, 0.2) is 4.52 Å². The fourth-order valence-electron chi connectivity index (χ4n) is 1.42. The summed E-state index contributed by atoms with van der Waals surface area (Å²) in [6, 6.07) is 0. The number of nitrogens with zero attached hydrogens (tertiary/aromatic N) is 3. The lowest BCUT2D eigenvalue weighted by molar-refractivity contribution is -0.144. The first kappa shape index (κ1) is 9.95. The zero-order valence-electron chi connectivity index (χ0n) is 8.98. The molecule has 82 valence electrons. The van der Waals surface area contributed by atoms with Crippen LogP contribution in [0.1, 0.15) is 18.7 Å². The Hall–Kier alpha value is -1.59. The molecule has 6 heteroatoms. The van der Waals surface area contributed by atoms with Gasteiger partial charge < -0.3 is 14.2 Å². The van der Waals surface area contributed by atoms with E-state index in [1.807, 2.05) is 14.1 Å². The van der Waals surface area contributed by atoms with Gasteiger partial charge in [0.05, 0.1) is 7.11 Å². The van der Waals surface area contributed by atoms with Crippen LogP contribution in [0.5, 0.6) is 0 Å². The average molecular weight is 211 g/mol. The summed E-state index contributed by atoms with van der Waals surface area (Å²) in [5.41, 5.74) is -0.671. The van der Waals surface area contributed by atoms with Crippen molar-refractivity contribution in [3.8, 4) is 0 Å². The summed E-state index contributed by atoms with van der Waals surface area (Å²) in [7, 11) is 4.99. The normalized spacial score (nSPS) is 17.3. The molecule has 0 aromatic carbocycles. The van der Waals surface area contributed by atoms with Crippen LogP contribution in [0, 0.1) is 0 Å². The Labute approximate surface area is 87.2 Å². The lowest BCUT2D eigenvalue weighted by Gasteiger charge is -2.06. The van der Waals surface area contributed by atoms with Crippen molar-refractivity contribution in [1.82, 2.24) is 10.1 Å². The number of methoxy groups -OCH3 is 1. The van der Waals surface area contributed by atoms with Crippen molar-refractivity contribution < 1.29 is 14.1 Å². The molecular formula is C9H13N3O3. The molecule has 1 heterocycles. The molecule has 0 saturated heterocycles. The Balaban J connectivity index is 2.26. The maximum Gasteiger partial charge on any atom is 0.321 e. The second-order valence-corrected chi connectivity index (χ2v) is 3.87. The van der Waals surface area contributed by atoms with Crippen molar-refractivity contribution in [2.24, 2.45) is 0 Å². The van der Waals surface area contributed by atoms with Crippen LogP contribution < -0.4 is 4.90 Å². The molecule has 0 radical (unpaired) electrons. The predicted molar refractivity (Wildman–Crippen MR) is 51.6 cm³/mol. The van der Waals surface area contributed by atoms with E-state index in [4.69, 9.17) is 9.26 Å². The zero-order valence-corrected chi connectivity index (χ0v) is 8.98. The molecule has 0 spiro atoms. The third kappa shape index (κ3) is 1.45. The summed E-state index contributed by atoms with van der Waals surface area (Å²) < 4.78 is 9.79. The maximum atomic E-state index is 11.5. The summed E-state index contributed by atoms with van der Waals surface area (Å²) >= 11 is 0. The van der Waals surface area contributed by atoms with E-state index < -0.39 is 5.41 Å². The van der Waals surface area contributed by atoms with Crippen molar-refractivity contribution in [2.45, 2.75) is 18.3 Å². The molecule has 1 aliphatic rings. The van der Waals surface area contributed by atoms with Gasteiger partial charge in [0.1, 0.15) is 5.41 Å². The molecule has 0 atom stereocenters. The molecular weight excluding hydrogens is 198 g/mol. The molecule has 0 bridgehead atoms. The Bertz CT molecular complexity index is 382. The van der Waals surface area contributed by atoms with Gasteiger partial charge in [-0.1, -0.05) is 0 Å². The number of ether oxygens (including phenoxy) is 1. The lowest BCUT2D eigenvalue weighted by atomic mass is 10.1. The number of carbonyl (C=O) groups excluding carboxylic acids is 1. The quantitative estimate of drug-likeness (QED) is 0.671. The lowest BCUT2D eigenvalue weighted by Crippen LogP contribution is -2.22. The highest BCUT2D eigenvalue weighted by molar-refractivity contribution is 5.85. The SMILES string of the molecule is COC(=O)C1(c2nc(N(C)C)no2)CC1. The maximum absolute atomic E-state index is 11.5. The summed E-state index contributed by atoms with van der Waals surface area (Å²) in [5.74, 6) is 0.537. The topological polar surface area (TPSA) is 68.5 Å². The number of hydrogen-bond acceptors (Lipinski definition) is 6. The van der Waals surface area contributed by atoms with Gasteiger partial charge in [-0.2, -0.15) is 4.98 Å². The molecule has 0 unspecified atom stereocenters. The van der Waals surface area contributed by atoms with Crippen molar-refractivity contribution >= 4 is 11.9 Å². The molecule has 6 nitrogen and oxygen atoms in total. The smallest absolute Gasteiger partial charge is 0.321 e. The first-order chi connectivity index (χ1) is 7.10. The van der Waals surface area contributed by atoms with Crippen LogP contribution in [-0.4, -0.2) is 37.3 Å². The summed E-state index contributed by atoms with van der Waals surface area (Å²) in [6.07, 6.45) is 1.43. The van der Waals surface area contributed by atoms with Gasteiger partial charge in [0, 0.05) is 14.1 Å². The van der Waals surface area contributed by atoms with Gasteiger partial charge in [-0.05, 0) is 18.0 Å². The second kappa shape index (κ2) is 3.22. The van der Waals surface area contributed by atoms with E-state index in [1.165, 1.54) is 7.11 Å². The highest BCUT2D eigenvalue weighted by Crippen LogP contribution is 2.48. The highest BCUT2D eigenvalue weighted by Gasteiger charge is 2.57. The van der Waals surface area contributed by atoms with Crippen LogP contribution in [0.4, 0.5) is 5.95 Å². The average Bonchev–Trinajstić information content (AvgIpc) is 2.87. The Morgan fingerprint density at radius 1 is 1.53 bits per heavy atom. The molecule has 0 aliphatic heterocycles. The van der Waals surface area contributed by atoms with Gasteiger partial charge in [0.15, 0.2) is 0 Å². The van der Waals surface area contributed by atoms with Gasteiger partial charge >= 0.3 is 5.97 Å². The Kier molecular flexibility index (Phi) is 2.13. The molecule has 1 aromatic rings. The van der Waals surface area contributed by atoms with E-state index in [0.29, 0.717) is 24.7 Å². The monoisotopic (exact) mass is 211 g/mol. The van der Waals surface area contributed by atoms with Crippen molar-refractivity contribution in [3.05, 3.63) is 5.89 Å². The van der Waals surface area contributed by atoms with Gasteiger partial charge in [-0.15, -0.1) is 0 Å². The Morgan fingerprint density at radius 2 is 2.20 bits per heavy atom. The third-order valence-electron chi connectivity index (χ3n) is 2.55. The van der Waals surface area contributed by atoms with E-state index in [1.54, 1.807) is 4.90 Å². The number of aromatic nitrogens is 2. The van der Waals surface area contributed by atoms with E-state index in [0.717, 1.165) is 0 Å².